The van der Waals surface area contributed by atoms with Gasteiger partial charge in [0.05, 0.1) is 11.1 Å². The van der Waals surface area contributed by atoms with Crippen LogP contribution in [0.2, 0.25) is 0 Å². The third-order valence-corrected chi connectivity index (χ3v) is 4.89. The number of aromatic carboxylic acids is 1. The number of ether oxygens (including phenoxy) is 1. The van der Waals surface area contributed by atoms with Crippen molar-refractivity contribution in [3.8, 4) is 16.9 Å². The maximum atomic E-state index is 11.9. The van der Waals surface area contributed by atoms with Crippen molar-refractivity contribution in [2.24, 2.45) is 0 Å². The molecule has 0 aliphatic heterocycles. The standard InChI is InChI=1S/C24H21NO3/c1-2-18-14-19(11-12-22(18)28-16-17-8-4-3-5-9-17)20-15-25-13-7-6-10-21(25)23(20)24(26)27/h3-15H,2,16H2,1H3,(H,26,27). The van der Waals surface area contributed by atoms with Crippen LogP contribution in [-0.2, 0) is 13.0 Å². The Bertz CT molecular complexity index is 1130. The molecule has 28 heavy (non-hydrogen) atoms. The molecule has 0 aliphatic carbocycles. The van der Waals surface area contributed by atoms with E-state index in [-0.39, 0.29) is 0 Å². The fourth-order valence-electron chi connectivity index (χ4n) is 3.47. The molecule has 2 aromatic heterocycles. The number of carboxylic acid groups (broad SMARTS) is 1. The number of hydrogen-bond acceptors (Lipinski definition) is 2. The molecule has 0 aliphatic rings. The molecule has 4 rings (SSSR count). The summed E-state index contributed by atoms with van der Waals surface area (Å²) in [7, 11) is 0. The molecule has 0 saturated heterocycles. The average Bonchev–Trinajstić information content (AvgIpc) is 3.12. The summed E-state index contributed by atoms with van der Waals surface area (Å²) < 4.78 is 7.87. The fraction of sp³-hybridized carbons (Fsp3) is 0.125. The number of fused-ring (bicyclic) bond motifs is 1. The van der Waals surface area contributed by atoms with Gasteiger partial charge in [-0.2, -0.15) is 0 Å². The number of aromatic nitrogens is 1. The predicted octanol–water partition coefficient (Wildman–Crippen LogP) is 5.45. The van der Waals surface area contributed by atoms with Crippen molar-refractivity contribution in [2.75, 3.05) is 0 Å². The predicted molar refractivity (Wildman–Crippen MR) is 110 cm³/mol. The summed E-state index contributed by atoms with van der Waals surface area (Å²) in [5, 5.41) is 9.77. The second-order valence-corrected chi connectivity index (χ2v) is 6.67. The van der Waals surface area contributed by atoms with Crippen LogP contribution < -0.4 is 4.74 Å². The van der Waals surface area contributed by atoms with E-state index in [1.807, 2.05) is 83.5 Å². The second kappa shape index (κ2) is 7.61. The number of nitrogens with zero attached hydrogens (tertiary/aromatic N) is 1. The molecule has 2 heterocycles. The van der Waals surface area contributed by atoms with Crippen molar-refractivity contribution in [3.05, 3.63) is 95.8 Å². The van der Waals surface area contributed by atoms with Gasteiger partial charge in [-0.05, 0) is 47.4 Å². The largest absolute Gasteiger partial charge is 0.489 e. The first-order valence-corrected chi connectivity index (χ1v) is 9.30. The van der Waals surface area contributed by atoms with Crippen molar-refractivity contribution in [1.82, 2.24) is 4.40 Å². The van der Waals surface area contributed by atoms with Gasteiger partial charge in [0, 0.05) is 18.0 Å². The molecule has 0 saturated carbocycles. The first-order chi connectivity index (χ1) is 13.7. The highest BCUT2D eigenvalue weighted by atomic mass is 16.5. The number of aryl methyl sites for hydroxylation is 1. The second-order valence-electron chi connectivity index (χ2n) is 6.67. The first-order valence-electron chi connectivity index (χ1n) is 9.30. The summed E-state index contributed by atoms with van der Waals surface area (Å²) in [5.74, 6) is -0.0955. The van der Waals surface area contributed by atoms with Gasteiger partial charge in [0.15, 0.2) is 0 Å². The molecule has 4 nitrogen and oxygen atoms in total. The Morgan fingerprint density at radius 2 is 1.82 bits per heavy atom. The zero-order valence-electron chi connectivity index (χ0n) is 15.6. The molecular weight excluding hydrogens is 350 g/mol. The van der Waals surface area contributed by atoms with Crippen molar-refractivity contribution >= 4 is 11.5 Å². The Hall–Kier alpha value is -3.53. The molecule has 0 spiro atoms. The average molecular weight is 371 g/mol. The highest BCUT2D eigenvalue weighted by Gasteiger charge is 2.19. The third-order valence-electron chi connectivity index (χ3n) is 4.89. The van der Waals surface area contributed by atoms with E-state index >= 15 is 0 Å². The number of hydrogen-bond donors (Lipinski definition) is 1. The minimum absolute atomic E-state index is 0.320. The molecule has 0 amide bonds. The summed E-state index contributed by atoms with van der Waals surface area (Å²) in [4.78, 5) is 11.9. The number of rotatable bonds is 6. The quantitative estimate of drug-likeness (QED) is 0.491. The Balaban J connectivity index is 1.71. The lowest BCUT2D eigenvalue weighted by Gasteiger charge is -2.12. The molecular formula is C24H21NO3. The molecule has 0 unspecified atom stereocenters. The van der Waals surface area contributed by atoms with Crippen LogP contribution in [0.5, 0.6) is 5.75 Å². The molecule has 1 N–H and O–H groups in total. The van der Waals surface area contributed by atoms with Gasteiger partial charge in [0.2, 0.25) is 0 Å². The van der Waals surface area contributed by atoms with Crippen LogP contribution in [0.4, 0.5) is 0 Å². The first kappa shape index (κ1) is 17.9. The Kier molecular flexibility index (Phi) is 4.85. The van der Waals surface area contributed by atoms with E-state index < -0.39 is 5.97 Å². The summed E-state index contributed by atoms with van der Waals surface area (Å²) in [6, 6.07) is 21.5. The smallest absolute Gasteiger partial charge is 0.338 e. The van der Waals surface area contributed by atoms with Crippen molar-refractivity contribution in [1.29, 1.82) is 0 Å². The van der Waals surface area contributed by atoms with E-state index in [0.29, 0.717) is 23.3 Å². The van der Waals surface area contributed by atoms with Crippen molar-refractivity contribution in [3.63, 3.8) is 0 Å². The maximum Gasteiger partial charge on any atom is 0.338 e. The maximum absolute atomic E-state index is 11.9. The number of pyridine rings is 1. The van der Waals surface area contributed by atoms with Crippen molar-refractivity contribution < 1.29 is 14.6 Å². The summed E-state index contributed by atoms with van der Waals surface area (Å²) in [6.07, 6.45) is 4.54. The van der Waals surface area contributed by atoms with Gasteiger partial charge in [0.25, 0.3) is 0 Å². The van der Waals surface area contributed by atoms with Gasteiger partial charge in [-0.15, -0.1) is 0 Å². The summed E-state index contributed by atoms with van der Waals surface area (Å²) >= 11 is 0. The van der Waals surface area contributed by atoms with E-state index in [4.69, 9.17) is 4.74 Å². The van der Waals surface area contributed by atoms with Gasteiger partial charge in [-0.3, -0.25) is 0 Å². The normalized spacial score (nSPS) is 10.9. The summed E-state index contributed by atoms with van der Waals surface area (Å²) in [5.41, 5.74) is 4.77. The van der Waals surface area contributed by atoms with Crippen LogP contribution in [0.25, 0.3) is 16.6 Å². The Morgan fingerprint density at radius 3 is 2.57 bits per heavy atom. The minimum atomic E-state index is -0.925. The third kappa shape index (κ3) is 3.37. The van der Waals surface area contributed by atoms with Gasteiger partial charge in [0.1, 0.15) is 12.4 Å². The van der Waals surface area contributed by atoms with Gasteiger partial charge < -0.3 is 14.2 Å². The highest BCUT2D eigenvalue weighted by molar-refractivity contribution is 6.03. The van der Waals surface area contributed by atoms with Crippen LogP contribution in [0, 0.1) is 0 Å². The van der Waals surface area contributed by atoms with Gasteiger partial charge >= 0.3 is 5.97 Å². The van der Waals surface area contributed by atoms with Crippen LogP contribution in [-0.4, -0.2) is 15.5 Å². The Labute approximate surface area is 163 Å². The molecule has 0 radical (unpaired) electrons. The van der Waals surface area contributed by atoms with E-state index in [9.17, 15) is 9.90 Å². The van der Waals surface area contributed by atoms with Gasteiger partial charge in [-0.25, -0.2) is 4.79 Å². The van der Waals surface area contributed by atoms with Crippen LogP contribution >= 0.6 is 0 Å². The van der Waals surface area contributed by atoms with Crippen LogP contribution in [0.15, 0.2) is 79.1 Å². The fourth-order valence-corrected chi connectivity index (χ4v) is 3.47. The highest BCUT2D eigenvalue weighted by Crippen LogP contribution is 2.32. The zero-order valence-corrected chi connectivity index (χ0v) is 15.6. The monoisotopic (exact) mass is 371 g/mol. The van der Waals surface area contributed by atoms with E-state index in [2.05, 4.69) is 6.92 Å². The number of carboxylic acids is 1. The van der Waals surface area contributed by atoms with E-state index in [0.717, 1.165) is 28.9 Å². The van der Waals surface area contributed by atoms with Crippen LogP contribution in [0.3, 0.4) is 0 Å². The lowest BCUT2D eigenvalue weighted by molar-refractivity contribution is 0.0700. The van der Waals surface area contributed by atoms with Gasteiger partial charge in [-0.1, -0.05) is 49.4 Å². The lowest BCUT2D eigenvalue weighted by atomic mass is 9.99. The van der Waals surface area contributed by atoms with Crippen LogP contribution in [0.1, 0.15) is 28.4 Å². The summed E-state index contributed by atoms with van der Waals surface area (Å²) in [6.45, 7) is 2.58. The lowest BCUT2D eigenvalue weighted by Crippen LogP contribution is -2.00. The molecule has 4 aromatic rings. The minimum Gasteiger partial charge on any atom is -0.489 e. The molecule has 140 valence electrons. The molecule has 2 aromatic carbocycles. The number of benzene rings is 2. The van der Waals surface area contributed by atoms with E-state index in [1.54, 1.807) is 0 Å². The SMILES string of the molecule is CCc1cc(-c2cn3ccccc3c2C(=O)O)ccc1OCc1ccccc1. The molecule has 0 fully saturated rings. The van der Waals surface area contributed by atoms with E-state index in [1.165, 1.54) is 0 Å². The Morgan fingerprint density at radius 1 is 1.04 bits per heavy atom. The molecule has 4 heteroatoms. The zero-order chi connectivity index (χ0) is 19.5. The molecule has 0 atom stereocenters. The molecule has 0 bridgehead atoms. The van der Waals surface area contributed by atoms with Crippen molar-refractivity contribution in [2.45, 2.75) is 20.0 Å². The topological polar surface area (TPSA) is 50.9 Å². The number of carbonyl (C=O) groups is 1.